The van der Waals surface area contributed by atoms with E-state index in [4.69, 9.17) is 4.74 Å². The Bertz CT molecular complexity index is 906. The molecular weight excluding hydrogens is 370 g/mol. The maximum Gasteiger partial charge on any atom is 0.414 e. The number of pyridine rings is 1. The normalized spacial score (nSPS) is 31.9. The number of nitrogens with one attached hydrogen (secondary N) is 2. The molecule has 0 saturated heterocycles. The summed E-state index contributed by atoms with van der Waals surface area (Å²) in [6, 6.07) is 6.88. The molecule has 4 fully saturated rings. The van der Waals surface area contributed by atoms with Crippen molar-refractivity contribution < 1.29 is 14.3 Å². The second-order valence-corrected chi connectivity index (χ2v) is 8.75. The standard InChI is InChI=1S/C21H23N5O3/c27-18(16-3-1-2-5-23-16)25-20-8-14-7-15(9-20)11-21(10-14,12-20)26-19(28)29-17-4-6-22-13-24-17/h1-6,13-15H,7-12H2,(H,25,27)(H,26,28). The number of rotatable bonds is 4. The minimum absolute atomic E-state index is 0.147. The zero-order valence-electron chi connectivity index (χ0n) is 16.0. The predicted octanol–water partition coefficient (Wildman–Crippen LogP) is 2.48. The number of hydrogen-bond donors (Lipinski definition) is 2. The molecule has 4 aliphatic rings. The predicted molar refractivity (Wildman–Crippen MR) is 103 cm³/mol. The van der Waals surface area contributed by atoms with E-state index in [1.807, 2.05) is 6.07 Å². The molecule has 2 aromatic heterocycles. The van der Waals surface area contributed by atoms with Gasteiger partial charge in [-0.15, -0.1) is 0 Å². The summed E-state index contributed by atoms with van der Waals surface area (Å²) in [6.07, 6.45) is 9.61. The van der Waals surface area contributed by atoms with Crippen molar-refractivity contribution in [1.29, 1.82) is 0 Å². The van der Waals surface area contributed by atoms with Crippen LogP contribution in [0.2, 0.25) is 0 Å². The zero-order chi connectivity index (χ0) is 19.9. The van der Waals surface area contributed by atoms with Crippen LogP contribution in [-0.2, 0) is 0 Å². The molecule has 4 aliphatic carbocycles. The Hall–Kier alpha value is -3.03. The van der Waals surface area contributed by atoms with Gasteiger partial charge in [-0.3, -0.25) is 9.78 Å². The van der Waals surface area contributed by atoms with Gasteiger partial charge in [0.15, 0.2) is 0 Å². The molecule has 2 unspecified atom stereocenters. The first-order valence-electron chi connectivity index (χ1n) is 10.0. The van der Waals surface area contributed by atoms with Crippen molar-refractivity contribution in [1.82, 2.24) is 25.6 Å². The number of nitrogens with zero attached hydrogens (tertiary/aromatic N) is 3. The average molecular weight is 393 g/mol. The third-order valence-corrected chi connectivity index (χ3v) is 6.46. The second kappa shape index (κ2) is 6.79. The van der Waals surface area contributed by atoms with Crippen molar-refractivity contribution in [2.75, 3.05) is 0 Å². The molecule has 8 nitrogen and oxygen atoms in total. The molecule has 6 rings (SSSR count). The zero-order valence-corrected chi connectivity index (χ0v) is 16.0. The van der Waals surface area contributed by atoms with Crippen LogP contribution >= 0.6 is 0 Å². The van der Waals surface area contributed by atoms with Crippen LogP contribution in [0.3, 0.4) is 0 Å². The summed E-state index contributed by atoms with van der Waals surface area (Å²) < 4.78 is 5.34. The van der Waals surface area contributed by atoms with Gasteiger partial charge in [0, 0.05) is 29.5 Å². The van der Waals surface area contributed by atoms with Crippen LogP contribution < -0.4 is 15.4 Å². The molecule has 2 heterocycles. The summed E-state index contributed by atoms with van der Waals surface area (Å²) in [4.78, 5) is 37.3. The van der Waals surface area contributed by atoms with Gasteiger partial charge in [-0.1, -0.05) is 6.07 Å². The molecular formula is C21H23N5O3. The van der Waals surface area contributed by atoms with Crippen molar-refractivity contribution in [2.45, 2.75) is 49.6 Å². The molecule has 4 bridgehead atoms. The van der Waals surface area contributed by atoms with E-state index >= 15 is 0 Å². The highest BCUT2D eigenvalue weighted by Crippen LogP contribution is 2.57. The fraction of sp³-hybridized carbons (Fsp3) is 0.476. The van der Waals surface area contributed by atoms with Gasteiger partial charge >= 0.3 is 6.09 Å². The van der Waals surface area contributed by atoms with E-state index in [0.717, 1.165) is 32.1 Å². The summed E-state index contributed by atoms with van der Waals surface area (Å²) in [7, 11) is 0. The molecule has 0 spiro atoms. The largest absolute Gasteiger partial charge is 0.414 e. The molecule has 150 valence electrons. The van der Waals surface area contributed by atoms with Crippen LogP contribution in [0.4, 0.5) is 4.79 Å². The van der Waals surface area contributed by atoms with Gasteiger partial charge < -0.3 is 15.4 Å². The number of aromatic nitrogens is 3. The quantitative estimate of drug-likeness (QED) is 0.827. The van der Waals surface area contributed by atoms with Crippen molar-refractivity contribution in [3.05, 3.63) is 48.7 Å². The van der Waals surface area contributed by atoms with Gasteiger partial charge in [0.2, 0.25) is 5.88 Å². The Morgan fingerprint density at radius 3 is 2.38 bits per heavy atom. The fourth-order valence-corrected chi connectivity index (χ4v) is 6.03. The van der Waals surface area contributed by atoms with Crippen molar-refractivity contribution in [2.24, 2.45) is 11.8 Å². The van der Waals surface area contributed by atoms with E-state index in [-0.39, 0.29) is 22.9 Å². The van der Waals surface area contributed by atoms with E-state index < -0.39 is 6.09 Å². The van der Waals surface area contributed by atoms with E-state index in [9.17, 15) is 9.59 Å². The van der Waals surface area contributed by atoms with Crippen LogP contribution in [0.25, 0.3) is 0 Å². The summed E-state index contributed by atoms with van der Waals surface area (Å²) in [6.45, 7) is 0. The summed E-state index contributed by atoms with van der Waals surface area (Å²) in [5.41, 5.74) is -0.236. The average Bonchev–Trinajstić information content (AvgIpc) is 2.67. The monoisotopic (exact) mass is 393 g/mol. The van der Waals surface area contributed by atoms with Crippen LogP contribution in [0.5, 0.6) is 5.88 Å². The SMILES string of the molecule is O=C(NC12CC3CC(C1)CC(NC(=O)c1ccccn1)(C3)C2)Oc1ccncn1. The van der Waals surface area contributed by atoms with Gasteiger partial charge in [-0.25, -0.2) is 14.8 Å². The smallest absolute Gasteiger partial charge is 0.391 e. The molecule has 8 heteroatoms. The number of amides is 2. The molecule has 0 radical (unpaired) electrons. The minimum Gasteiger partial charge on any atom is -0.391 e. The van der Waals surface area contributed by atoms with Gasteiger partial charge in [-0.2, -0.15) is 0 Å². The van der Waals surface area contributed by atoms with E-state index in [1.165, 1.54) is 12.5 Å². The third kappa shape index (κ3) is 3.54. The number of carbonyl (C=O) groups is 2. The Labute approximate surface area is 168 Å². The highest BCUT2D eigenvalue weighted by atomic mass is 16.6. The Balaban J connectivity index is 1.33. The number of hydrogen-bond acceptors (Lipinski definition) is 6. The second-order valence-electron chi connectivity index (χ2n) is 8.75. The number of ether oxygens (including phenoxy) is 1. The maximum absolute atomic E-state index is 12.8. The lowest BCUT2D eigenvalue weighted by atomic mass is 9.50. The van der Waals surface area contributed by atoms with Crippen molar-refractivity contribution in [3.8, 4) is 5.88 Å². The van der Waals surface area contributed by atoms with Crippen molar-refractivity contribution in [3.63, 3.8) is 0 Å². The molecule has 2 amide bonds. The minimum atomic E-state index is -0.503. The van der Waals surface area contributed by atoms with Crippen molar-refractivity contribution >= 4 is 12.0 Å². The molecule has 29 heavy (non-hydrogen) atoms. The fourth-order valence-electron chi connectivity index (χ4n) is 6.03. The first-order chi connectivity index (χ1) is 14.0. The van der Waals surface area contributed by atoms with E-state index in [1.54, 1.807) is 24.4 Å². The first-order valence-corrected chi connectivity index (χ1v) is 10.0. The van der Waals surface area contributed by atoms with Gasteiger partial charge in [-0.05, 0) is 62.5 Å². The van der Waals surface area contributed by atoms with Gasteiger partial charge in [0.1, 0.15) is 12.0 Å². The lowest BCUT2D eigenvalue weighted by Gasteiger charge is -2.61. The van der Waals surface area contributed by atoms with Gasteiger partial charge in [0.05, 0.1) is 0 Å². The third-order valence-electron chi connectivity index (χ3n) is 6.46. The molecule has 0 aromatic carbocycles. The topological polar surface area (TPSA) is 106 Å². The molecule has 0 aliphatic heterocycles. The highest BCUT2D eigenvalue weighted by Gasteiger charge is 2.59. The highest BCUT2D eigenvalue weighted by molar-refractivity contribution is 5.92. The molecule has 2 atom stereocenters. The summed E-state index contributed by atoms with van der Waals surface area (Å²) in [5.74, 6) is 1.05. The van der Waals surface area contributed by atoms with Crippen LogP contribution in [0.1, 0.15) is 49.0 Å². The van der Waals surface area contributed by atoms with Crippen LogP contribution in [0.15, 0.2) is 43.0 Å². The van der Waals surface area contributed by atoms with E-state index in [2.05, 4.69) is 25.6 Å². The van der Waals surface area contributed by atoms with Crippen LogP contribution in [-0.4, -0.2) is 38.0 Å². The Kier molecular flexibility index (Phi) is 4.22. The maximum atomic E-state index is 12.8. The Morgan fingerprint density at radius 2 is 1.72 bits per heavy atom. The summed E-state index contributed by atoms with van der Waals surface area (Å²) >= 11 is 0. The molecule has 2 N–H and O–H groups in total. The van der Waals surface area contributed by atoms with Crippen LogP contribution in [0, 0.1) is 11.8 Å². The lowest BCUT2D eigenvalue weighted by molar-refractivity contribution is -0.0450. The molecule has 4 saturated carbocycles. The number of carbonyl (C=O) groups excluding carboxylic acids is 2. The Morgan fingerprint density at radius 1 is 0.966 bits per heavy atom. The molecule has 2 aromatic rings. The van der Waals surface area contributed by atoms with Gasteiger partial charge in [0.25, 0.3) is 5.91 Å². The summed E-state index contributed by atoms with van der Waals surface area (Å²) in [5, 5.41) is 6.40. The lowest BCUT2D eigenvalue weighted by Crippen LogP contribution is -2.70. The first kappa shape index (κ1) is 18.0. The van der Waals surface area contributed by atoms with E-state index in [0.29, 0.717) is 24.0 Å².